The minimum absolute atomic E-state index is 0.323. The Morgan fingerprint density at radius 3 is 2.00 bits per heavy atom. The van der Waals surface area contributed by atoms with Crippen molar-refractivity contribution in [1.29, 1.82) is 0 Å². The van der Waals surface area contributed by atoms with E-state index >= 15 is 0 Å². The monoisotopic (exact) mass is 318 g/mol. The zero-order valence-corrected chi connectivity index (χ0v) is 16.0. The molecule has 19 heavy (non-hydrogen) atoms. The summed E-state index contributed by atoms with van der Waals surface area (Å²) in [6.07, 6.45) is 0.784. The Bertz CT molecular complexity index is 295. The third-order valence-electron chi connectivity index (χ3n) is 2.20. The van der Waals surface area contributed by atoms with Gasteiger partial charge in [-0.3, -0.25) is 0 Å². The molecule has 0 saturated heterocycles. The van der Waals surface area contributed by atoms with Crippen molar-refractivity contribution in [2.45, 2.75) is 52.1 Å². The number of carbonyl (C=O) groups is 1. The summed E-state index contributed by atoms with van der Waals surface area (Å²) in [4.78, 5) is 11.3. The standard InChI is InChI=1S/C12H26O4Si3/c1-11(2)12(13)14-9-8-10-19(7,15-17(3)4)16-18(5)6/h1,8-10H2,2-7H3. The summed E-state index contributed by atoms with van der Waals surface area (Å²) in [5, 5.41) is 0. The number of esters is 1. The Kier molecular flexibility index (Phi) is 8.75. The summed E-state index contributed by atoms with van der Waals surface area (Å²) >= 11 is 0. The zero-order valence-electron chi connectivity index (χ0n) is 13.0. The van der Waals surface area contributed by atoms with Crippen LogP contribution in [0.15, 0.2) is 12.2 Å². The average Bonchev–Trinajstić information content (AvgIpc) is 2.21. The molecule has 0 unspecified atom stereocenters. The highest BCUT2D eigenvalue weighted by Gasteiger charge is 2.33. The molecule has 0 aliphatic rings. The lowest BCUT2D eigenvalue weighted by atomic mass is 10.4. The van der Waals surface area contributed by atoms with E-state index in [0.29, 0.717) is 12.2 Å². The molecule has 0 aliphatic heterocycles. The predicted molar refractivity (Wildman–Crippen MR) is 83.9 cm³/mol. The Hall–Kier alpha value is -0.219. The molecule has 0 amide bonds. The molecule has 110 valence electrons. The molecule has 0 fully saturated rings. The van der Waals surface area contributed by atoms with Crippen LogP contribution < -0.4 is 0 Å². The normalized spacial score (nSPS) is 12.0. The molecule has 2 radical (unpaired) electrons. The molecule has 0 aliphatic carbocycles. The number of rotatable bonds is 9. The summed E-state index contributed by atoms with van der Waals surface area (Å²) < 4.78 is 17.3. The van der Waals surface area contributed by atoms with Crippen molar-refractivity contribution in [2.24, 2.45) is 0 Å². The molecule has 0 aromatic heterocycles. The van der Waals surface area contributed by atoms with Gasteiger partial charge in [0.15, 0.2) is 18.1 Å². The lowest BCUT2D eigenvalue weighted by Crippen LogP contribution is -2.45. The lowest BCUT2D eigenvalue weighted by molar-refractivity contribution is -0.138. The van der Waals surface area contributed by atoms with Crippen LogP contribution in [0.3, 0.4) is 0 Å². The van der Waals surface area contributed by atoms with Crippen molar-refractivity contribution in [3.05, 3.63) is 12.2 Å². The Morgan fingerprint density at radius 2 is 1.63 bits per heavy atom. The van der Waals surface area contributed by atoms with E-state index in [9.17, 15) is 4.79 Å². The maximum absolute atomic E-state index is 11.3. The van der Waals surface area contributed by atoms with E-state index in [1.807, 2.05) is 0 Å². The largest absolute Gasteiger partial charge is 0.462 e. The van der Waals surface area contributed by atoms with Crippen LogP contribution in [0.1, 0.15) is 13.3 Å². The maximum Gasteiger partial charge on any atom is 0.333 e. The molecule has 0 saturated carbocycles. The van der Waals surface area contributed by atoms with Crippen LogP contribution in [0.5, 0.6) is 0 Å². The van der Waals surface area contributed by atoms with Crippen LogP contribution in [0.25, 0.3) is 0 Å². The molecule has 0 bridgehead atoms. The van der Waals surface area contributed by atoms with Crippen molar-refractivity contribution in [3.8, 4) is 0 Å². The number of hydrogen-bond donors (Lipinski definition) is 0. The number of hydrogen-bond acceptors (Lipinski definition) is 4. The minimum Gasteiger partial charge on any atom is -0.462 e. The van der Waals surface area contributed by atoms with Crippen molar-refractivity contribution in [2.75, 3.05) is 6.61 Å². The van der Waals surface area contributed by atoms with Crippen molar-refractivity contribution in [1.82, 2.24) is 0 Å². The zero-order chi connectivity index (χ0) is 15.1. The molecule has 0 spiro atoms. The Balaban J connectivity index is 4.19. The highest BCUT2D eigenvalue weighted by molar-refractivity contribution is 6.79. The van der Waals surface area contributed by atoms with Gasteiger partial charge in [-0.15, -0.1) is 0 Å². The molecule has 0 rings (SSSR count). The average molecular weight is 319 g/mol. The smallest absolute Gasteiger partial charge is 0.333 e. The van der Waals surface area contributed by atoms with E-state index in [4.69, 9.17) is 13.0 Å². The van der Waals surface area contributed by atoms with E-state index in [0.717, 1.165) is 12.5 Å². The van der Waals surface area contributed by atoms with Gasteiger partial charge in [-0.2, -0.15) is 0 Å². The third kappa shape index (κ3) is 9.33. The van der Waals surface area contributed by atoms with Gasteiger partial charge in [-0.1, -0.05) is 6.58 Å². The van der Waals surface area contributed by atoms with Gasteiger partial charge in [0.2, 0.25) is 0 Å². The SMILES string of the molecule is C=C(C)C(=O)OCCC[Si](C)(O[Si](C)C)O[Si](C)C. The van der Waals surface area contributed by atoms with Crippen LogP contribution in [-0.4, -0.2) is 39.2 Å². The maximum atomic E-state index is 11.3. The predicted octanol–water partition coefficient (Wildman–Crippen LogP) is 3.10. The first kappa shape index (κ1) is 18.8. The molecular formula is C12H26O4Si3. The second kappa shape index (κ2) is 8.85. The lowest BCUT2D eigenvalue weighted by Gasteiger charge is -2.31. The Morgan fingerprint density at radius 1 is 1.16 bits per heavy atom. The summed E-state index contributed by atoms with van der Waals surface area (Å²) in [5.74, 6) is -0.323. The summed E-state index contributed by atoms with van der Waals surface area (Å²) in [6, 6.07) is 0.863. The van der Waals surface area contributed by atoms with E-state index < -0.39 is 26.6 Å². The van der Waals surface area contributed by atoms with Gasteiger partial charge in [-0.05, 0) is 52.1 Å². The first-order valence-electron chi connectivity index (χ1n) is 6.47. The second-order valence-corrected chi connectivity index (χ2v) is 13.2. The molecule has 7 heteroatoms. The van der Waals surface area contributed by atoms with Crippen LogP contribution in [0.2, 0.25) is 38.8 Å². The van der Waals surface area contributed by atoms with Crippen molar-refractivity contribution in [3.63, 3.8) is 0 Å². The van der Waals surface area contributed by atoms with Crippen LogP contribution in [-0.2, 0) is 17.8 Å². The first-order valence-corrected chi connectivity index (χ1v) is 13.8. The summed E-state index contributed by atoms with van der Waals surface area (Å²) in [7, 11) is -3.64. The molecule has 4 nitrogen and oxygen atoms in total. The summed E-state index contributed by atoms with van der Waals surface area (Å²) in [6.45, 7) is 16.2. The molecule has 0 aromatic carbocycles. The fraction of sp³-hybridized carbons (Fsp3) is 0.750. The number of ether oxygens (including phenoxy) is 1. The molecule has 0 atom stereocenters. The minimum atomic E-state index is -2.10. The molecular weight excluding hydrogens is 292 g/mol. The summed E-state index contributed by atoms with van der Waals surface area (Å²) in [5.41, 5.74) is 0.438. The third-order valence-corrected chi connectivity index (χ3v) is 10.2. The van der Waals surface area contributed by atoms with Gasteiger partial charge in [0.1, 0.15) is 0 Å². The molecule has 0 heterocycles. The van der Waals surface area contributed by atoms with Gasteiger partial charge in [0.25, 0.3) is 0 Å². The highest BCUT2D eigenvalue weighted by Crippen LogP contribution is 2.18. The second-order valence-electron chi connectivity index (χ2n) is 5.17. The highest BCUT2D eigenvalue weighted by atomic mass is 28.5. The van der Waals surface area contributed by atoms with Crippen LogP contribution in [0, 0.1) is 0 Å². The van der Waals surface area contributed by atoms with E-state index in [-0.39, 0.29) is 5.97 Å². The van der Waals surface area contributed by atoms with Crippen LogP contribution >= 0.6 is 0 Å². The van der Waals surface area contributed by atoms with Gasteiger partial charge in [0.05, 0.1) is 6.61 Å². The van der Waals surface area contributed by atoms with E-state index in [1.165, 1.54) is 0 Å². The quantitative estimate of drug-likeness (QED) is 0.284. The topological polar surface area (TPSA) is 44.8 Å². The fourth-order valence-electron chi connectivity index (χ4n) is 1.67. The van der Waals surface area contributed by atoms with Crippen molar-refractivity contribution >= 4 is 32.6 Å². The fourth-order valence-corrected chi connectivity index (χ4v) is 10.7. The van der Waals surface area contributed by atoms with Gasteiger partial charge >= 0.3 is 14.5 Å². The van der Waals surface area contributed by atoms with E-state index in [2.05, 4.69) is 39.3 Å². The first-order chi connectivity index (χ1) is 8.66. The van der Waals surface area contributed by atoms with Crippen molar-refractivity contribution < 1.29 is 17.8 Å². The number of carbonyl (C=O) groups excluding carboxylic acids is 1. The Labute approximate surface area is 121 Å². The molecule has 0 N–H and O–H groups in total. The van der Waals surface area contributed by atoms with Gasteiger partial charge in [-0.25, -0.2) is 4.79 Å². The van der Waals surface area contributed by atoms with Crippen LogP contribution in [0.4, 0.5) is 0 Å². The van der Waals surface area contributed by atoms with Gasteiger partial charge in [0, 0.05) is 5.57 Å². The van der Waals surface area contributed by atoms with E-state index in [1.54, 1.807) is 6.92 Å². The van der Waals surface area contributed by atoms with Gasteiger partial charge < -0.3 is 13.0 Å². The molecule has 0 aromatic rings.